The van der Waals surface area contributed by atoms with E-state index in [2.05, 4.69) is 10.1 Å². The van der Waals surface area contributed by atoms with Crippen LogP contribution in [0.15, 0.2) is 30.3 Å². The summed E-state index contributed by atoms with van der Waals surface area (Å²) in [5, 5.41) is 12.5. The highest BCUT2D eigenvalue weighted by atomic mass is 16.5. The first-order valence-corrected chi connectivity index (χ1v) is 7.16. The van der Waals surface area contributed by atoms with Gasteiger partial charge in [-0.05, 0) is 30.3 Å². The zero-order chi connectivity index (χ0) is 18.6. The fourth-order valence-electron chi connectivity index (χ4n) is 2.20. The second-order valence-corrected chi connectivity index (χ2v) is 4.94. The molecule has 1 amide bonds. The summed E-state index contributed by atoms with van der Waals surface area (Å²) in [5.74, 6) is -1.15. The zero-order valence-corrected chi connectivity index (χ0v) is 14.0. The standard InChI is InChI=1S/C17H18N2O6/c1-23-13-8-9(17(22)25-3)4-7-12(13)19-16(21)10-5-6-11(18)14(20)15(10)24-2/h4-8,20H,18H2,1-3H3,(H,19,21). The third-order valence-electron chi connectivity index (χ3n) is 3.48. The maximum atomic E-state index is 12.5. The van der Waals surface area contributed by atoms with Crippen molar-refractivity contribution >= 4 is 23.3 Å². The average Bonchev–Trinajstić information content (AvgIpc) is 2.63. The quantitative estimate of drug-likeness (QED) is 0.430. The van der Waals surface area contributed by atoms with Crippen molar-refractivity contribution in [3.8, 4) is 17.2 Å². The molecule has 4 N–H and O–H groups in total. The van der Waals surface area contributed by atoms with Crippen molar-refractivity contribution in [2.24, 2.45) is 0 Å². The molecule has 2 aromatic rings. The first kappa shape index (κ1) is 17.9. The minimum atomic E-state index is -0.545. The van der Waals surface area contributed by atoms with Gasteiger partial charge in [-0.3, -0.25) is 4.79 Å². The van der Waals surface area contributed by atoms with Gasteiger partial charge in [0.15, 0.2) is 11.5 Å². The van der Waals surface area contributed by atoms with Gasteiger partial charge >= 0.3 is 5.97 Å². The molecule has 0 fully saturated rings. The molecule has 8 heteroatoms. The number of rotatable bonds is 5. The van der Waals surface area contributed by atoms with Crippen LogP contribution in [0.2, 0.25) is 0 Å². The van der Waals surface area contributed by atoms with Crippen molar-refractivity contribution in [1.29, 1.82) is 0 Å². The number of hydrogen-bond donors (Lipinski definition) is 3. The van der Waals surface area contributed by atoms with E-state index in [1.54, 1.807) is 0 Å². The normalized spacial score (nSPS) is 10.0. The molecule has 2 rings (SSSR count). The van der Waals surface area contributed by atoms with Gasteiger partial charge in [0.1, 0.15) is 5.75 Å². The number of nitrogens with one attached hydrogen (secondary N) is 1. The average molecular weight is 346 g/mol. The van der Waals surface area contributed by atoms with Gasteiger partial charge in [-0.25, -0.2) is 4.79 Å². The Morgan fingerprint density at radius 3 is 2.40 bits per heavy atom. The number of methoxy groups -OCH3 is 3. The Morgan fingerprint density at radius 2 is 1.80 bits per heavy atom. The van der Waals surface area contributed by atoms with Crippen LogP contribution in [0.1, 0.15) is 20.7 Å². The number of aromatic hydroxyl groups is 1. The third kappa shape index (κ3) is 3.57. The van der Waals surface area contributed by atoms with Gasteiger partial charge in [0, 0.05) is 0 Å². The number of benzene rings is 2. The van der Waals surface area contributed by atoms with E-state index in [-0.39, 0.29) is 34.1 Å². The van der Waals surface area contributed by atoms with E-state index in [1.807, 2.05) is 0 Å². The lowest BCUT2D eigenvalue weighted by molar-refractivity contribution is 0.0600. The van der Waals surface area contributed by atoms with Gasteiger partial charge in [-0.15, -0.1) is 0 Å². The van der Waals surface area contributed by atoms with Crippen LogP contribution in [0.4, 0.5) is 11.4 Å². The van der Waals surface area contributed by atoms with Crippen molar-refractivity contribution in [1.82, 2.24) is 0 Å². The molecule has 8 nitrogen and oxygen atoms in total. The lowest BCUT2D eigenvalue weighted by Crippen LogP contribution is -2.14. The van der Waals surface area contributed by atoms with Crippen LogP contribution in [-0.4, -0.2) is 38.3 Å². The number of phenols is 1. The van der Waals surface area contributed by atoms with Gasteiger partial charge in [0.25, 0.3) is 5.91 Å². The summed E-state index contributed by atoms with van der Waals surface area (Å²) < 4.78 is 14.9. The van der Waals surface area contributed by atoms with E-state index in [4.69, 9.17) is 15.2 Å². The van der Waals surface area contributed by atoms with Crippen LogP contribution in [-0.2, 0) is 4.74 Å². The van der Waals surface area contributed by atoms with Crippen LogP contribution in [0, 0.1) is 0 Å². The van der Waals surface area contributed by atoms with E-state index in [0.717, 1.165) is 0 Å². The number of nitrogens with two attached hydrogens (primary N) is 1. The third-order valence-corrected chi connectivity index (χ3v) is 3.48. The van der Waals surface area contributed by atoms with Crippen LogP contribution in [0.3, 0.4) is 0 Å². The number of phenolic OH excluding ortho intramolecular Hbond substituents is 1. The number of ether oxygens (including phenoxy) is 3. The predicted molar refractivity (Wildman–Crippen MR) is 91.4 cm³/mol. The van der Waals surface area contributed by atoms with Crippen LogP contribution < -0.4 is 20.5 Å². The van der Waals surface area contributed by atoms with E-state index >= 15 is 0 Å². The molecule has 0 saturated heterocycles. The molecule has 2 aromatic carbocycles. The molecule has 0 heterocycles. The molecule has 0 aliphatic heterocycles. The zero-order valence-electron chi connectivity index (χ0n) is 14.0. The molecule has 0 aromatic heterocycles. The first-order valence-electron chi connectivity index (χ1n) is 7.16. The first-order chi connectivity index (χ1) is 11.9. The SMILES string of the molecule is COC(=O)c1ccc(NC(=O)c2ccc(N)c(O)c2OC)c(OC)c1. The van der Waals surface area contributed by atoms with Crippen molar-refractivity contribution in [2.45, 2.75) is 0 Å². The molecule has 0 bridgehead atoms. The number of amides is 1. The monoisotopic (exact) mass is 346 g/mol. The van der Waals surface area contributed by atoms with E-state index in [0.29, 0.717) is 5.69 Å². The summed E-state index contributed by atoms with van der Waals surface area (Å²) in [5.41, 5.74) is 6.39. The van der Waals surface area contributed by atoms with E-state index in [9.17, 15) is 14.7 Å². The van der Waals surface area contributed by atoms with Crippen LogP contribution in [0.5, 0.6) is 17.2 Å². The van der Waals surface area contributed by atoms with Crippen LogP contribution >= 0.6 is 0 Å². The number of carbonyl (C=O) groups is 2. The Balaban J connectivity index is 2.35. The predicted octanol–water partition coefficient (Wildman–Crippen LogP) is 2.03. The molecule has 0 aliphatic carbocycles. The fraction of sp³-hybridized carbons (Fsp3) is 0.176. The highest BCUT2D eigenvalue weighted by molar-refractivity contribution is 6.08. The Bertz CT molecular complexity index is 819. The topological polar surface area (TPSA) is 120 Å². The molecular formula is C17H18N2O6. The molecular weight excluding hydrogens is 328 g/mol. The molecule has 132 valence electrons. The number of esters is 1. The van der Waals surface area contributed by atoms with Crippen molar-refractivity contribution in [3.63, 3.8) is 0 Å². The molecule has 0 spiro atoms. The Labute approximate surface area is 144 Å². The maximum absolute atomic E-state index is 12.5. The second kappa shape index (κ2) is 7.43. The highest BCUT2D eigenvalue weighted by Gasteiger charge is 2.19. The Hall–Kier alpha value is -3.42. The van der Waals surface area contributed by atoms with Crippen molar-refractivity contribution < 1.29 is 28.9 Å². The summed E-state index contributed by atoms with van der Waals surface area (Å²) in [4.78, 5) is 24.1. The number of nitrogen functional groups attached to an aromatic ring is 1. The minimum absolute atomic E-state index is 0.0392. The fourth-order valence-corrected chi connectivity index (χ4v) is 2.20. The van der Waals surface area contributed by atoms with Crippen LogP contribution in [0.25, 0.3) is 0 Å². The minimum Gasteiger partial charge on any atom is -0.503 e. The molecule has 0 saturated carbocycles. The summed E-state index contributed by atoms with van der Waals surface area (Å²) in [7, 11) is 3.99. The lowest BCUT2D eigenvalue weighted by Gasteiger charge is -2.14. The summed E-state index contributed by atoms with van der Waals surface area (Å²) in [6, 6.07) is 7.26. The van der Waals surface area contributed by atoms with Gasteiger partial charge in [0.2, 0.25) is 0 Å². The Kier molecular flexibility index (Phi) is 5.33. The Morgan fingerprint density at radius 1 is 1.08 bits per heavy atom. The van der Waals surface area contributed by atoms with E-state index in [1.165, 1.54) is 51.7 Å². The molecule has 25 heavy (non-hydrogen) atoms. The van der Waals surface area contributed by atoms with Crippen molar-refractivity contribution in [2.75, 3.05) is 32.4 Å². The highest BCUT2D eigenvalue weighted by Crippen LogP contribution is 2.36. The summed E-state index contributed by atoms with van der Waals surface area (Å²) in [6.07, 6.45) is 0. The molecule has 0 unspecified atom stereocenters. The molecule has 0 atom stereocenters. The van der Waals surface area contributed by atoms with Gasteiger partial charge in [-0.2, -0.15) is 0 Å². The van der Waals surface area contributed by atoms with Gasteiger partial charge in [0.05, 0.1) is 43.8 Å². The van der Waals surface area contributed by atoms with Gasteiger partial charge in [-0.1, -0.05) is 0 Å². The van der Waals surface area contributed by atoms with Crippen molar-refractivity contribution in [3.05, 3.63) is 41.5 Å². The second-order valence-electron chi connectivity index (χ2n) is 4.94. The lowest BCUT2D eigenvalue weighted by atomic mass is 10.1. The van der Waals surface area contributed by atoms with E-state index < -0.39 is 11.9 Å². The molecule has 0 radical (unpaired) electrons. The molecule has 0 aliphatic rings. The van der Waals surface area contributed by atoms with Gasteiger partial charge < -0.3 is 30.4 Å². The smallest absolute Gasteiger partial charge is 0.337 e. The largest absolute Gasteiger partial charge is 0.503 e. The maximum Gasteiger partial charge on any atom is 0.337 e. The number of anilines is 2. The summed E-state index contributed by atoms with van der Waals surface area (Å²) in [6.45, 7) is 0. The number of hydrogen-bond acceptors (Lipinski definition) is 7. The number of carbonyl (C=O) groups excluding carboxylic acids is 2. The summed E-state index contributed by atoms with van der Waals surface area (Å²) >= 11 is 0.